The number of aromatic nitrogens is 1. The monoisotopic (exact) mass is 409 g/mol. The van der Waals surface area contributed by atoms with Crippen molar-refractivity contribution in [3.8, 4) is 0 Å². The molecule has 2 amide bonds. The number of rotatable bonds is 5. The summed E-state index contributed by atoms with van der Waals surface area (Å²) in [6.45, 7) is 1.93. The Morgan fingerprint density at radius 2 is 1.89 bits per heavy atom. The van der Waals surface area contributed by atoms with Gasteiger partial charge in [0, 0.05) is 5.38 Å². The van der Waals surface area contributed by atoms with Crippen molar-refractivity contribution in [2.45, 2.75) is 19.6 Å². The molecule has 0 saturated carbocycles. The molecule has 2 aromatic heterocycles. The first-order valence-electron chi connectivity index (χ1n) is 8.00. The van der Waals surface area contributed by atoms with E-state index in [1.165, 1.54) is 17.5 Å². The summed E-state index contributed by atoms with van der Waals surface area (Å²) < 4.78 is 44.4. The van der Waals surface area contributed by atoms with Crippen LogP contribution in [0.3, 0.4) is 0 Å². The standard InChI is InChI=1S/C18H14F3N3O3S/c1-10-6-7-11(27-10)8-22-16(26)14-9-28-17(23-14)24-15(25)12-4-2-3-5-13(12)18(19,20)21/h2-7,9H,8H2,1H3,(H,22,26)(H,23,24,25). The number of amides is 2. The zero-order valence-corrected chi connectivity index (χ0v) is 15.3. The number of hydrogen-bond acceptors (Lipinski definition) is 5. The molecular weight excluding hydrogens is 395 g/mol. The Morgan fingerprint density at radius 1 is 1.14 bits per heavy atom. The van der Waals surface area contributed by atoms with E-state index in [-0.39, 0.29) is 17.4 Å². The zero-order chi connectivity index (χ0) is 20.3. The van der Waals surface area contributed by atoms with Crippen LogP contribution in [0.15, 0.2) is 46.2 Å². The second kappa shape index (κ2) is 7.85. The van der Waals surface area contributed by atoms with Crippen molar-refractivity contribution in [2.24, 2.45) is 0 Å². The van der Waals surface area contributed by atoms with Crippen molar-refractivity contribution < 1.29 is 27.2 Å². The molecule has 10 heteroatoms. The summed E-state index contributed by atoms with van der Waals surface area (Å²) in [5.41, 5.74) is -1.53. The van der Waals surface area contributed by atoms with Gasteiger partial charge in [0.1, 0.15) is 17.2 Å². The van der Waals surface area contributed by atoms with Gasteiger partial charge in [-0.25, -0.2) is 4.98 Å². The third-order valence-electron chi connectivity index (χ3n) is 3.65. The second-order valence-electron chi connectivity index (χ2n) is 5.73. The lowest BCUT2D eigenvalue weighted by Gasteiger charge is -2.11. The average molecular weight is 409 g/mol. The highest BCUT2D eigenvalue weighted by atomic mass is 32.1. The lowest BCUT2D eigenvalue weighted by Crippen LogP contribution is -2.23. The van der Waals surface area contributed by atoms with Crippen LogP contribution in [0.5, 0.6) is 0 Å². The normalized spacial score (nSPS) is 11.3. The number of nitrogens with zero attached hydrogens (tertiary/aromatic N) is 1. The molecule has 2 heterocycles. The number of nitrogens with one attached hydrogen (secondary N) is 2. The van der Waals surface area contributed by atoms with E-state index in [1.54, 1.807) is 19.1 Å². The Kier molecular flexibility index (Phi) is 5.50. The minimum absolute atomic E-state index is 0.0148. The summed E-state index contributed by atoms with van der Waals surface area (Å²) in [6.07, 6.45) is -4.66. The average Bonchev–Trinajstić information content (AvgIpc) is 3.28. The predicted octanol–water partition coefficient (Wildman–Crippen LogP) is 4.25. The van der Waals surface area contributed by atoms with Crippen molar-refractivity contribution >= 4 is 28.3 Å². The van der Waals surface area contributed by atoms with Crippen molar-refractivity contribution in [2.75, 3.05) is 5.32 Å². The highest BCUT2D eigenvalue weighted by Crippen LogP contribution is 2.32. The molecule has 0 aliphatic heterocycles. The van der Waals surface area contributed by atoms with E-state index in [0.717, 1.165) is 23.5 Å². The maximum absolute atomic E-state index is 13.0. The summed E-state index contributed by atoms with van der Waals surface area (Å²) in [4.78, 5) is 28.3. The first-order chi connectivity index (χ1) is 13.2. The van der Waals surface area contributed by atoms with Crippen LogP contribution in [0.25, 0.3) is 0 Å². The van der Waals surface area contributed by atoms with Crippen LogP contribution in [-0.2, 0) is 12.7 Å². The zero-order valence-electron chi connectivity index (χ0n) is 14.5. The number of halogens is 3. The largest absolute Gasteiger partial charge is 0.465 e. The number of hydrogen-bond donors (Lipinski definition) is 2. The Balaban J connectivity index is 1.66. The number of furan rings is 1. The number of benzene rings is 1. The molecule has 0 spiro atoms. The van der Waals surface area contributed by atoms with E-state index in [1.807, 2.05) is 0 Å². The quantitative estimate of drug-likeness (QED) is 0.660. The molecule has 28 heavy (non-hydrogen) atoms. The number of aryl methyl sites for hydroxylation is 1. The molecule has 0 radical (unpaired) electrons. The Hall–Kier alpha value is -3.14. The number of carbonyl (C=O) groups is 2. The molecular formula is C18H14F3N3O3S. The van der Waals surface area contributed by atoms with E-state index in [2.05, 4.69) is 15.6 Å². The van der Waals surface area contributed by atoms with E-state index in [4.69, 9.17) is 4.42 Å². The van der Waals surface area contributed by atoms with Gasteiger partial charge < -0.3 is 9.73 Å². The molecule has 6 nitrogen and oxygen atoms in total. The van der Waals surface area contributed by atoms with E-state index in [9.17, 15) is 22.8 Å². The van der Waals surface area contributed by atoms with E-state index in [0.29, 0.717) is 11.5 Å². The fourth-order valence-electron chi connectivity index (χ4n) is 2.37. The number of anilines is 1. The molecule has 3 rings (SSSR count). The molecule has 0 fully saturated rings. The van der Waals surface area contributed by atoms with Crippen LogP contribution in [-0.4, -0.2) is 16.8 Å². The summed E-state index contributed by atoms with van der Waals surface area (Å²) >= 11 is 0.931. The van der Waals surface area contributed by atoms with Crippen molar-refractivity contribution in [1.82, 2.24) is 10.3 Å². The molecule has 3 aromatic rings. The molecule has 2 N–H and O–H groups in total. The molecule has 0 bridgehead atoms. The van der Waals surface area contributed by atoms with Gasteiger partial charge >= 0.3 is 6.18 Å². The minimum Gasteiger partial charge on any atom is -0.465 e. The van der Waals surface area contributed by atoms with Crippen LogP contribution >= 0.6 is 11.3 Å². The van der Waals surface area contributed by atoms with E-state index >= 15 is 0 Å². The lowest BCUT2D eigenvalue weighted by molar-refractivity contribution is -0.137. The molecule has 0 atom stereocenters. The fourth-order valence-corrected chi connectivity index (χ4v) is 3.05. The van der Waals surface area contributed by atoms with Gasteiger partial charge in [-0.15, -0.1) is 11.3 Å². The van der Waals surface area contributed by atoms with Crippen LogP contribution in [0, 0.1) is 6.92 Å². The van der Waals surface area contributed by atoms with Gasteiger partial charge in [-0.2, -0.15) is 13.2 Å². The SMILES string of the molecule is Cc1ccc(CNC(=O)c2csc(NC(=O)c3ccccc3C(F)(F)F)n2)o1. The van der Waals surface area contributed by atoms with Crippen molar-refractivity contribution in [3.05, 3.63) is 70.1 Å². The molecule has 1 aromatic carbocycles. The topological polar surface area (TPSA) is 84.2 Å². The highest BCUT2D eigenvalue weighted by Gasteiger charge is 2.35. The van der Waals surface area contributed by atoms with Gasteiger partial charge in [0.25, 0.3) is 11.8 Å². The second-order valence-corrected chi connectivity index (χ2v) is 6.59. The number of alkyl halides is 3. The van der Waals surface area contributed by atoms with Crippen LogP contribution < -0.4 is 10.6 Å². The number of carbonyl (C=O) groups excluding carboxylic acids is 2. The third kappa shape index (κ3) is 4.58. The first-order valence-corrected chi connectivity index (χ1v) is 8.88. The highest BCUT2D eigenvalue weighted by molar-refractivity contribution is 7.14. The van der Waals surface area contributed by atoms with Gasteiger partial charge in [-0.3, -0.25) is 14.9 Å². The summed E-state index contributed by atoms with van der Waals surface area (Å²) in [5, 5.41) is 6.31. The van der Waals surface area contributed by atoms with E-state index < -0.39 is 29.1 Å². The van der Waals surface area contributed by atoms with Crippen LogP contribution in [0.4, 0.5) is 18.3 Å². The fraction of sp³-hybridized carbons (Fsp3) is 0.167. The third-order valence-corrected chi connectivity index (χ3v) is 4.41. The van der Waals surface area contributed by atoms with Crippen LogP contribution in [0.2, 0.25) is 0 Å². The lowest BCUT2D eigenvalue weighted by atomic mass is 10.1. The molecule has 146 valence electrons. The van der Waals surface area contributed by atoms with Gasteiger partial charge in [-0.1, -0.05) is 12.1 Å². The maximum Gasteiger partial charge on any atom is 0.417 e. The summed E-state index contributed by atoms with van der Waals surface area (Å²) in [5.74, 6) is -0.179. The van der Waals surface area contributed by atoms with Gasteiger partial charge in [0.2, 0.25) is 0 Å². The van der Waals surface area contributed by atoms with Crippen molar-refractivity contribution in [3.63, 3.8) is 0 Å². The summed E-state index contributed by atoms with van der Waals surface area (Å²) in [7, 11) is 0. The Labute approximate surface area is 161 Å². The smallest absolute Gasteiger partial charge is 0.417 e. The van der Waals surface area contributed by atoms with Gasteiger partial charge in [0.05, 0.1) is 17.7 Å². The molecule has 0 aliphatic carbocycles. The van der Waals surface area contributed by atoms with Gasteiger partial charge in [-0.05, 0) is 31.2 Å². The Morgan fingerprint density at radius 3 is 2.57 bits per heavy atom. The van der Waals surface area contributed by atoms with Gasteiger partial charge in [0.15, 0.2) is 5.13 Å². The first kappa shape index (κ1) is 19.6. The van der Waals surface area contributed by atoms with Crippen molar-refractivity contribution in [1.29, 1.82) is 0 Å². The number of thiazole rings is 1. The molecule has 0 saturated heterocycles. The summed E-state index contributed by atoms with van der Waals surface area (Å²) in [6, 6.07) is 7.92. The van der Waals surface area contributed by atoms with Crippen LogP contribution in [0.1, 0.15) is 37.9 Å². The molecule has 0 aliphatic rings. The maximum atomic E-state index is 13.0. The Bertz CT molecular complexity index is 1010. The predicted molar refractivity (Wildman–Crippen MR) is 96.1 cm³/mol. The molecule has 0 unspecified atom stereocenters. The minimum atomic E-state index is -4.66.